The van der Waals surface area contributed by atoms with Crippen LogP contribution in [0.4, 0.5) is 4.39 Å². The molecule has 3 aromatic heterocycles. The molecule has 5 heterocycles. The molecule has 11 nitrogen and oxygen atoms in total. The molecular weight excluding hydrogens is 457 g/mol. The van der Waals surface area contributed by atoms with Gasteiger partial charge in [0, 0.05) is 32.8 Å². The Morgan fingerprint density at radius 3 is 2.80 bits per heavy atom. The molecular formula is C23H22FN7O4. The van der Waals surface area contributed by atoms with E-state index in [4.69, 9.17) is 14.0 Å². The number of halogens is 1. The highest BCUT2D eigenvalue weighted by molar-refractivity contribution is 5.87. The van der Waals surface area contributed by atoms with Gasteiger partial charge >= 0.3 is 0 Å². The van der Waals surface area contributed by atoms with Crippen LogP contribution in [0.1, 0.15) is 30.3 Å². The molecule has 35 heavy (non-hydrogen) atoms. The van der Waals surface area contributed by atoms with Gasteiger partial charge in [0.25, 0.3) is 11.4 Å². The zero-order valence-electron chi connectivity index (χ0n) is 18.8. The van der Waals surface area contributed by atoms with Crippen LogP contribution in [0.3, 0.4) is 0 Å². The zero-order valence-corrected chi connectivity index (χ0v) is 18.8. The van der Waals surface area contributed by atoms with Gasteiger partial charge in [-0.15, -0.1) is 0 Å². The first-order valence-corrected chi connectivity index (χ1v) is 11.5. The Bertz CT molecular complexity index is 1510. The van der Waals surface area contributed by atoms with Crippen molar-refractivity contribution in [3.05, 3.63) is 46.0 Å². The highest BCUT2D eigenvalue weighted by atomic mass is 19.1. The second-order valence-electron chi connectivity index (χ2n) is 8.58. The van der Waals surface area contributed by atoms with Crippen LogP contribution in [0.5, 0.6) is 0 Å². The minimum atomic E-state index is -0.683. The summed E-state index contributed by atoms with van der Waals surface area (Å²) in [5.41, 5.74) is 0.563. The summed E-state index contributed by atoms with van der Waals surface area (Å²) in [7, 11) is 0. The van der Waals surface area contributed by atoms with Gasteiger partial charge in [-0.25, -0.2) is 9.37 Å². The number of benzene rings is 1. The molecule has 1 unspecified atom stereocenters. The minimum Gasteiger partial charge on any atom is -0.379 e. The average Bonchev–Trinajstić information content (AvgIpc) is 3.65. The molecule has 1 atom stereocenters. The van der Waals surface area contributed by atoms with Gasteiger partial charge in [-0.05, 0) is 25.0 Å². The topological polar surface area (TPSA) is 124 Å². The Morgan fingerprint density at radius 2 is 2.03 bits per heavy atom. The lowest BCUT2D eigenvalue weighted by Gasteiger charge is -2.27. The molecule has 0 spiro atoms. The summed E-state index contributed by atoms with van der Waals surface area (Å²) in [6.07, 6.45) is 2.92. The van der Waals surface area contributed by atoms with E-state index in [1.807, 2.05) is 6.07 Å². The summed E-state index contributed by atoms with van der Waals surface area (Å²) in [6, 6.07) is 4.69. The first kappa shape index (κ1) is 21.8. The summed E-state index contributed by atoms with van der Waals surface area (Å²) in [6.45, 7) is 4.15. The van der Waals surface area contributed by atoms with Crippen LogP contribution in [0.2, 0.25) is 0 Å². The highest BCUT2D eigenvalue weighted by Crippen LogP contribution is 2.30. The van der Waals surface area contributed by atoms with Crippen molar-refractivity contribution in [1.82, 2.24) is 29.0 Å². The number of nitriles is 1. The fourth-order valence-electron chi connectivity index (χ4n) is 4.77. The smallest absolute Gasteiger partial charge is 0.279 e. The second-order valence-corrected chi connectivity index (χ2v) is 8.58. The molecule has 180 valence electrons. The van der Waals surface area contributed by atoms with E-state index in [9.17, 15) is 14.4 Å². The first-order valence-electron chi connectivity index (χ1n) is 11.5. The van der Waals surface area contributed by atoms with E-state index in [-0.39, 0.29) is 40.8 Å². The van der Waals surface area contributed by atoms with Crippen LogP contribution < -0.4 is 5.56 Å². The number of morpholine rings is 1. The normalized spacial score (nSPS) is 19.0. The van der Waals surface area contributed by atoms with Gasteiger partial charge in [-0.3, -0.25) is 14.1 Å². The van der Waals surface area contributed by atoms with E-state index in [1.165, 1.54) is 17.0 Å². The molecule has 0 aliphatic carbocycles. The zero-order chi connectivity index (χ0) is 23.9. The lowest BCUT2D eigenvalue weighted by molar-refractivity contribution is 0.0364. The fourth-order valence-corrected chi connectivity index (χ4v) is 4.77. The van der Waals surface area contributed by atoms with Gasteiger partial charge < -0.3 is 18.6 Å². The molecule has 12 heteroatoms. The lowest BCUT2D eigenvalue weighted by atomic mass is 10.1. The Morgan fingerprint density at radius 1 is 1.17 bits per heavy atom. The molecule has 1 aromatic carbocycles. The molecule has 0 N–H and O–H groups in total. The summed E-state index contributed by atoms with van der Waals surface area (Å²) in [5.74, 6) is -0.157. The number of hydrogen-bond donors (Lipinski definition) is 0. The summed E-state index contributed by atoms with van der Waals surface area (Å²) >= 11 is 0. The Hall–Kier alpha value is -3.66. The number of nitrogens with zero attached hydrogens (tertiary/aromatic N) is 7. The van der Waals surface area contributed by atoms with Crippen LogP contribution in [0, 0.1) is 17.1 Å². The Balaban J connectivity index is 1.52. The van der Waals surface area contributed by atoms with E-state index < -0.39 is 11.4 Å². The summed E-state index contributed by atoms with van der Waals surface area (Å²) in [4.78, 5) is 24.8. The molecule has 2 aliphatic rings. The second kappa shape index (κ2) is 8.84. The van der Waals surface area contributed by atoms with E-state index in [0.29, 0.717) is 37.7 Å². The monoisotopic (exact) mass is 479 g/mol. The molecule has 0 amide bonds. The predicted molar refractivity (Wildman–Crippen MR) is 120 cm³/mol. The molecule has 2 saturated heterocycles. The van der Waals surface area contributed by atoms with E-state index in [0.717, 1.165) is 25.9 Å². The first-order chi connectivity index (χ1) is 17.2. The number of aromatic nitrogens is 5. The van der Waals surface area contributed by atoms with Crippen molar-refractivity contribution in [2.24, 2.45) is 0 Å². The SMILES string of the molecule is N#Cc1c(F)ccc2c1n(CCN1CCOCC1)c(=O)c1c(-c3nc(C4CCCO4)no3)ncn12. The van der Waals surface area contributed by atoms with Crippen LogP contribution in [-0.4, -0.2) is 68.4 Å². The maximum absolute atomic E-state index is 14.6. The van der Waals surface area contributed by atoms with Crippen LogP contribution >= 0.6 is 0 Å². The Labute approximate surface area is 198 Å². The third-order valence-electron chi connectivity index (χ3n) is 6.57. The molecule has 0 saturated carbocycles. The number of imidazole rings is 1. The maximum atomic E-state index is 14.6. The van der Waals surface area contributed by atoms with Crippen molar-refractivity contribution < 1.29 is 18.4 Å². The maximum Gasteiger partial charge on any atom is 0.279 e. The van der Waals surface area contributed by atoms with Crippen molar-refractivity contribution in [3.63, 3.8) is 0 Å². The van der Waals surface area contributed by atoms with Crippen LogP contribution in [0.15, 0.2) is 27.8 Å². The molecule has 4 aromatic rings. The molecule has 0 bridgehead atoms. The molecule has 0 radical (unpaired) electrons. The van der Waals surface area contributed by atoms with Gasteiger partial charge in [0.2, 0.25) is 5.82 Å². The van der Waals surface area contributed by atoms with Crippen molar-refractivity contribution >= 4 is 16.6 Å². The van der Waals surface area contributed by atoms with Crippen molar-refractivity contribution in [2.75, 3.05) is 39.5 Å². The van der Waals surface area contributed by atoms with Crippen molar-refractivity contribution in [2.45, 2.75) is 25.5 Å². The summed E-state index contributed by atoms with van der Waals surface area (Å²) < 4.78 is 34.1. The van der Waals surface area contributed by atoms with Gasteiger partial charge in [0.15, 0.2) is 5.69 Å². The van der Waals surface area contributed by atoms with Crippen LogP contribution in [0.25, 0.3) is 28.1 Å². The predicted octanol–water partition coefficient (Wildman–Crippen LogP) is 1.89. The average molecular weight is 479 g/mol. The Kier molecular flexibility index (Phi) is 5.52. The van der Waals surface area contributed by atoms with Crippen molar-refractivity contribution in [1.29, 1.82) is 5.26 Å². The summed E-state index contributed by atoms with van der Waals surface area (Å²) in [5, 5.41) is 13.7. The van der Waals surface area contributed by atoms with E-state index in [1.54, 1.807) is 10.5 Å². The molecule has 2 fully saturated rings. The number of ether oxygens (including phenoxy) is 2. The fraction of sp³-hybridized carbons (Fsp3) is 0.435. The standard InChI is InChI=1S/C23H22FN7O4/c24-15-3-4-16-19(14(15)12-25)30(6-5-29-7-10-33-11-8-29)23(32)20-18(26-13-31(16)20)22-27-21(28-35-22)17-2-1-9-34-17/h3-4,13,17H,1-2,5-11H2. The number of rotatable bonds is 5. The number of hydrogen-bond acceptors (Lipinski definition) is 9. The third kappa shape index (κ3) is 3.68. The third-order valence-corrected chi connectivity index (χ3v) is 6.57. The molecule has 2 aliphatic heterocycles. The molecule has 6 rings (SSSR count). The van der Waals surface area contributed by atoms with Gasteiger partial charge in [0.1, 0.15) is 35.4 Å². The minimum absolute atomic E-state index is 0.108. The lowest BCUT2D eigenvalue weighted by Crippen LogP contribution is -2.39. The van der Waals surface area contributed by atoms with Gasteiger partial charge in [-0.2, -0.15) is 10.2 Å². The largest absolute Gasteiger partial charge is 0.379 e. The van der Waals surface area contributed by atoms with E-state index in [2.05, 4.69) is 20.0 Å². The van der Waals surface area contributed by atoms with Gasteiger partial charge in [0.05, 0.1) is 24.2 Å². The number of fused-ring (bicyclic) bond motifs is 3. The van der Waals surface area contributed by atoms with Gasteiger partial charge in [-0.1, -0.05) is 5.16 Å². The van der Waals surface area contributed by atoms with E-state index >= 15 is 0 Å². The van der Waals surface area contributed by atoms with Crippen molar-refractivity contribution in [3.8, 4) is 17.7 Å². The van der Waals surface area contributed by atoms with Crippen LogP contribution in [-0.2, 0) is 16.0 Å². The quantitative estimate of drug-likeness (QED) is 0.422. The highest BCUT2D eigenvalue weighted by Gasteiger charge is 2.27.